The highest BCUT2D eigenvalue weighted by Gasteiger charge is 2.12. The molecule has 1 aromatic carbocycles. The van der Waals surface area contributed by atoms with E-state index in [2.05, 4.69) is 10.3 Å². The summed E-state index contributed by atoms with van der Waals surface area (Å²) in [5.41, 5.74) is 0.978. The first kappa shape index (κ1) is 13.3. The van der Waals surface area contributed by atoms with Crippen LogP contribution in [-0.2, 0) is 4.74 Å². The number of rotatable bonds is 6. The third-order valence-corrected chi connectivity index (χ3v) is 2.64. The van der Waals surface area contributed by atoms with Gasteiger partial charge in [-0.3, -0.25) is 10.1 Å². The molecular formula is C12H15N3O4. The van der Waals surface area contributed by atoms with Crippen molar-refractivity contribution in [2.24, 2.45) is 5.92 Å². The maximum atomic E-state index is 10.7. The molecule has 1 unspecified atom stereocenters. The molecule has 102 valence electrons. The van der Waals surface area contributed by atoms with Crippen LogP contribution < -0.4 is 5.32 Å². The standard InChI is InChI=1S/C12H15N3O4/c1-8(7-18-2)6-13-12-14-10-4-3-9(15(16)17)5-11(10)19-12/h3-5,8H,6-7H2,1-2H3,(H,13,14). The van der Waals surface area contributed by atoms with Crippen molar-refractivity contribution >= 4 is 22.8 Å². The fourth-order valence-electron chi connectivity index (χ4n) is 1.71. The summed E-state index contributed by atoms with van der Waals surface area (Å²) in [6, 6.07) is 4.70. The van der Waals surface area contributed by atoms with Gasteiger partial charge >= 0.3 is 0 Å². The normalized spacial score (nSPS) is 12.5. The van der Waals surface area contributed by atoms with Crippen molar-refractivity contribution in [2.75, 3.05) is 25.6 Å². The average molecular weight is 265 g/mol. The number of non-ortho nitro benzene ring substituents is 1. The lowest BCUT2D eigenvalue weighted by Gasteiger charge is -2.09. The molecule has 1 aromatic heterocycles. The molecule has 1 N–H and O–H groups in total. The SMILES string of the molecule is COCC(C)CNc1nc2ccc([N+](=O)[O-])cc2o1. The Morgan fingerprint density at radius 2 is 2.37 bits per heavy atom. The van der Waals surface area contributed by atoms with Crippen molar-refractivity contribution in [3.63, 3.8) is 0 Å². The minimum absolute atomic E-state index is 0.0112. The maximum Gasteiger partial charge on any atom is 0.295 e. The first-order valence-corrected chi connectivity index (χ1v) is 5.88. The van der Waals surface area contributed by atoms with E-state index in [0.717, 1.165) is 0 Å². The molecule has 0 aliphatic heterocycles. The van der Waals surface area contributed by atoms with E-state index < -0.39 is 4.92 Å². The Hall–Kier alpha value is -2.15. The minimum Gasteiger partial charge on any atom is -0.423 e. The molecular weight excluding hydrogens is 250 g/mol. The number of ether oxygens (including phenoxy) is 1. The number of hydrogen-bond donors (Lipinski definition) is 1. The fraction of sp³-hybridized carbons (Fsp3) is 0.417. The fourth-order valence-corrected chi connectivity index (χ4v) is 1.71. The van der Waals surface area contributed by atoms with Crippen LogP contribution in [0.15, 0.2) is 22.6 Å². The largest absolute Gasteiger partial charge is 0.423 e. The second-order valence-electron chi connectivity index (χ2n) is 4.37. The second kappa shape index (κ2) is 5.66. The van der Waals surface area contributed by atoms with E-state index in [0.29, 0.717) is 36.2 Å². The second-order valence-corrected chi connectivity index (χ2v) is 4.37. The number of nitrogens with zero attached hydrogens (tertiary/aromatic N) is 2. The van der Waals surface area contributed by atoms with E-state index in [1.54, 1.807) is 13.2 Å². The summed E-state index contributed by atoms with van der Waals surface area (Å²) < 4.78 is 10.4. The monoisotopic (exact) mass is 265 g/mol. The van der Waals surface area contributed by atoms with Crippen molar-refractivity contribution < 1.29 is 14.1 Å². The van der Waals surface area contributed by atoms with Crippen LogP contribution in [0.5, 0.6) is 0 Å². The molecule has 0 amide bonds. The molecule has 0 aliphatic carbocycles. The number of aromatic nitrogens is 1. The van der Waals surface area contributed by atoms with Crippen LogP contribution in [0.3, 0.4) is 0 Å². The summed E-state index contributed by atoms with van der Waals surface area (Å²) in [7, 11) is 1.65. The van der Waals surface area contributed by atoms with E-state index in [4.69, 9.17) is 9.15 Å². The Kier molecular flexibility index (Phi) is 3.96. The molecule has 2 rings (SSSR count). The number of anilines is 1. The molecule has 0 fully saturated rings. The van der Waals surface area contributed by atoms with Gasteiger partial charge < -0.3 is 14.5 Å². The van der Waals surface area contributed by atoms with Gasteiger partial charge in [0.2, 0.25) is 0 Å². The molecule has 19 heavy (non-hydrogen) atoms. The van der Waals surface area contributed by atoms with Crippen LogP contribution in [0.1, 0.15) is 6.92 Å². The van der Waals surface area contributed by atoms with E-state index in [-0.39, 0.29) is 5.69 Å². The number of fused-ring (bicyclic) bond motifs is 1. The Morgan fingerprint density at radius 3 is 3.05 bits per heavy atom. The molecule has 2 aromatic rings. The van der Waals surface area contributed by atoms with Crippen molar-refractivity contribution in [1.29, 1.82) is 0 Å². The van der Waals surface area contributed by atoms with Crippen LogP contribution in [0.4, 0.5) is 11.7 Å². The van der Waals surface area contributed by atoms with Crippen LogP contribution in [-0.4, -0.2) is 30.2 Å². The predicted octanol–water partition coefficient (Wildman–Crippen LogP) is 2.43. The van der Waals surface area contributed by atoms with Gasteiger partial charge in [0, 0.05) is 19.7 Å². The van der Waals surface area contributed by atoms with E-state index in [9.17, 15) is 10.1 Å². The van der Waals surface area contributed by atoms with Crippen LogP contribution in [0, 0.1) is 16.0 Å². The highest BCUT2D eigenvalue weighted by atomic mass is 16.6. The number of hydrogen-bond acceptors (Lipinski definition) is 6. The summed E-state index contributed by atoms with van der Waals surface area (Å²) >= 11 is 0. The zero-order valence-corrected chi connectivity index (χ0v) is 10.8. The van der Waals surface area contributed by atoms with Gasteiger partial charge in [-0.2, -0.15) is 4.98 Å². The van der Waals surface area contributed by atoms with Gasteiger partial charge in [0.1, 0.15) is 5.52 Å². The van der Waals surface area contributed by atoms with Crippen molar-refractivity contribution in [2.45, 2.75) is 6.92 Å². The van der Waals surface area contributed by atoms with E-state index >= 15 is 0 Å². The first-order chi connectivity index (χ1) is 9.10. The lowest BCUT2D eigenvalue weighted by molar-refractivity contribution is -0.384. The summed E-state index contributed by atoms with van der Waals surface area (Å²) in [4.78, 5) is 14.4. The molecule has 0 bridgehead atoms. The average Bonchev–Trinajstić information content (AvgIpc) is 2.78. The first-order valence-electron chi connectivity index (χ1n) is 5.88. The molecule has 0 spiro atoms. The van der Waals surface area contributed by atoms with Crippen molar-refractivity contribution in [3.05, 3.63) is 28.3 Å². The van der Waals surface area contributed by atoms with Gasteiger partial charge in [0.05, 0.1) is 17.6 Å². The van der Waals surface area contributed by atoms with Crippen LogP contribution in [0.25, 0.3) is 11.1 Å². The molecule has 1 heterocycles. The third kappa shape index (κ3) is 3.19. The van der Waals surface area contributed by atoms with Gasteiger partial charge in [-0.05, 0) is 12.0 Å². The summed E-state index contributed by atoms with van der Waals surface area (Å²) in [5.74, 6) is 0.314. The van der Waals surface area contributed by atoms with Crippen LogP contribution >= 0.6 is 0 Å². The number of nitro groups is 1. The molecule has 7 heteroatoms. The third-order valence-electron chi connectivity index (χ3n) is 2.64. The molecule has 0 radical (unpaired) electrons. The Balaban J connectivity index is 2.11. The van der Waals surface area contributed by atoms with Crippen molar-refractivity contribution in [3.8, 4) is 0 Å². The lowest BCUT2D eigenvalue weighted by Crippen LogP contribution is -2.15. The van der Waals surface area contributed by atoms with Gasteiger partial charge in [-0.1, -0.05) is 6.92 Å². The molecule has 0 saturated carbocycles. The highest BCUT2D eigenvalue weighted by Crippen LogP contribution is 2.23. The lowest BCUT2D eigenvalue weighted by atomic mass is 10.2. The number of benzene rings is 1. The molecule has 0 aliphatic rings. The summed E-state index contributed by atoms with van der Waals surface area (Å²) in [6.07, 6.45) is 0. The number of nitrogens with one attached hydrogen (secondary N) is 1. The smallest absolute Gasteiger partial charge is 0.295 e. The highest BCUT2D eigenvalue weighted by molar-refractivity contribution is 5.77. The number of methoxy groups -OCH3 is 1. The summed E-state index contributed by atoms with van der Waals surface area (Å²) in [5, 5.41) is 13.7. The van der Waals surface area contributed by atoms with Crippen molar-refractivity contribution in [1.82, 2.24) is 4.98 Å². The minimum atomic E-state index is -0.463. The topological polar surface area (TPSA) is 90.4 Å². The van der Waals surface area contributed by atoms with Gasteiger partial charge in [0.25, 0.3) is 11.7 Å². The van der Waals surface area contributed by atoms with E-state index in [1.807, 2.05) is 6.92 Å². The predicted molar refractivity (Wildman–Crippen MR) is 70.2 cm³/mol. The maximum absolute atomic E-state index is 10.7. The number of nitro benzene ring substituents is 1. The number of oxazole rings is 1. The zero-order chi connectivity index (χ0) is 13.8. The summed E-state index contributed by atoms with van der Waals surface area (Å²) in [6.45, 7) is 3.32. The Bertz CT molecular complexity index is 581. The van der Waals surface area contributed by atoms with Crippen LogP contribution in [0.2, 0.25) is 0 Å². The Labute approximate surface area is 109 Å². The Morgan fingerprint density at radius 1 is 1.58 bits per heavy atom. The van der Waals surface area contributed by atoms with E-state index in [1.165, 1.54) is 12.1 Å². The van der Waals surface area contributed by atoms with Gasteiger partial charge in [-0.25, -0.2) is 0 Å². The van der Waals surface area contributed by atoms with Gasteiger partial charge in [0.15, 0.2) is 5.58 Å². The zero-order valence-electron chi connectivity index (χ0n) is 10.8. The van der Waals surface area contributed by atoms with Gasteiger partial charge in [-0.15, -0.1) is 0 Å². The molecule has 0 saturated heterocycles. The molecule has 7 nitrogen and oxygen atoms in total. The molecule has 1 atom stereocenters. The quantitative estimate of drug-likeness (QED) is 0.637.